The van der Waals surface area contributed by atoms with Crippen molar-refractivity contribution >= 4 is 30.0 Å². The molecule has 4 rings (SSSR count). The molecule has 0 unspecified atom stereocenters. The van der Waals surface area contributed by atoms with E-state index in [-0.39, 0.29) is 36.3 Å². The van der Waals surface area contributed by atoms with Gasteiger partial charge in [0.15, 0.2) is 12.5 Å². The van der Waals surface area contributed by atoms with Crippen molar-refractivity contribution in [2.45, 2.75) is 67.6 Å². The van der Waals surface area contributed by atoms with Crippen LogP contribution in [0.5, 0.6) is 0 Å². The Hall–Kier alpha value is -2.56. The van der Waals surface area contributed by atoms with Gasteiger partial charge in [0.2, 0.25) is 5.91 Å². The zero-order chi connectivity index (χ0) is 24.9. The molecule has 3 aliphatic heterocycles. The Morgan fingerprint density at radius 2 is 2.14 bits per heavy atom. The van der Waals surface area contributed by atoms with Crippen molar-refractivity contribution in [2.24, 2.45) is 0 Å². The molecule has 0 bridgehead atoms. The van der Waals surface area contributed by atoms with Crippen LogP contribution in [0.25, 0.3) is 0 Å². The monoisotopic (exact) mass is 506 g/mol. The number of aliphatic hydroxyl groups is 3. The Labute approximate surface area is 207 Å². The fraction of sp³-hybridized carbons (Fsp3) is 0.609. The van der Waals surface area contributed by atoms with E-state index in [1.807, 2.05) is 11.8 Å². The number of rotatable bonds is 9. The van der Waals surface area contributed by atoms with Gasteiger partial charge in [0.1, 0.15) is 18.3 Å². The van der Waals surface area contributed by atoms with Crippen LogP contribution in [-0.4, -0.2) is 92.7 Å². The van der Waals surface area contributed by atoms with Gasteiger partial charge in [-0.3, -0.25) is 9.59 Å². The summed E-state index contributed by atoms with van der Waals surface area (Å²) in [6.45, 7) is -0.316. The number of carbonyl (C=O) groups excluding carboxylic acids is 3. The van der Waals surface area contributed by atoms with Gasteiger partial charge in [-0.25, -0.2) is 4.79 Å². The fourth-order valence-corrected chi connectivity index (χ4v) is 6.18. The summed E-state index contributed by atoms with van der Waals surface area (Å²) in [4.78, 5) is 35.0. The van der Waals surface area contributed by atoms with Crippen LogP contribution in [-0.2, 0) is 9.53 Å². The van der Waals surface area contributed by atoms with Crippen molar-refractivity contribution in [1.29, 1.82) is 0 Å². The molecule has 11 nitrogen and oxygen atoms in total. The molecule has 6 N–H and O–H groups in total. The molecule has 7 atom stereocenters. The summed E-state index contributed by atoms with van der Waals surface area (Å²) >= 11 is 1.86. The molecule has 0 aliphatic carbocycles. The minimum absolute atomic E-state index is 0.0928. The van der Waals surface area contributed by atoms with Crippen LogP contribution in [0.2, 0.25) is 0 Å². The predicted molar refractivity (Wildman–Crippen MR) is 127 cm³/mol. The third-order valence-corrected chi connectivity index (χ3v) is 7.99. The number of hydrogen-bond acceptors (Lipinski definition) is 8. The van der Waals surface area contributed by atoms with Gasteiger partial charge in [-0.2, -0.15) is 11.8 Å². The van der Waals surface area contributed by atoms with Crippen LogP contribution in [0.15, 0.2) is 12.3 Å². The van der Waals surface area contributed by atoms with E-state index in [1.165, 1.54) is 16.8 Å². The Bertz CT molecular complexity index is 1010. The molecule has 0 spiro atoms. The fourth-order valence-electron chi connectivity index (χ4n) is 4.64. The number of thioether (sulfide) groups is 1. The molecule has 35 heavy (non-hydrogen) atoms. The number of carbonyl (C=O) groups is 3. The number of nitrogens with one attached hydrogen (secondary N) is 3. The zero-order valence-electron chi connectivity index (χ0n) is 19.1. The van der Waals surface area contributed by atoms with Crippen molar-refractivity contribution in [3.63, 3.8) is 0 Å². The summed E-state index contributed by atoms with van der Waals surface area (Å²) in [6, 6.07) is 1.81. The second kappa shape index (κ2) is 11.5. The number of aromatic nitrogens is 1. The summed E-state index contributed by atoms with van der Waals surface area (Å²) in [5.41, 5.74) is 0.688. The summed E-state index contributed by atoms with van der Waals surface area (Å²) in [7, 11) is 0. The molecule has 0 aromatic carbocycles. The first kappa shape index (κ1) is 25.5. The lowest BCUT2D eigenvalue weighted by atomic mass is 10.0. The smallest absolute Gasteiger partial charge is 0.315 e. The normalized spacial score (nSPS) is 31.3. The Kier molecular flexibility index (Phi) is 8.35. The highest BCUT2D eigenvalue weighted by molar-refractivity contribution is 8.00. The first-order chi connectivity index (χ1) is 16.9. The van der Waals surface area contributed by atoms with E-state index in [4.69, 9.17) is 4.74 Å². The lowest BCUT2D eigenvalue weighted by molar-refractivity contribution is -0.120. The van der Waals surface area contributed by atoms with E-state index < -0.39 is 31.1 Å². The number of ether oxygens (including phenoxy) is 1. The number of nitrogens with zero attached hydrogens (tertiary/aromatic N) is 1. The number of unbranched alkanes of at least 4 members (excludes halogenated alkanes) is 1. The number of urea groups is 1. The van der Waals surface area contributed by atoms with Crippen molar-refractivity contribution in [2.75, 3.05) is 18.9 Å². The third kappa shape index (κ3) is 5.82. The summed E-state index contributed by atoms with van der Waals surface area (Å²) in [5, 5.41) is 38.4. The molecule has 190 valence electrons. The Balaban J connectivity index is 1.19. The van der Waals surface area contributed by atoms with Crippen molar-refractivity contribution in [3.05, 3.63) is 23.5 Å². The van der Waals surface area contributed by atoms with Gasteiger partial charge in [-0.15, -0.1) is 0 Å². The van der Waals surface area contributed by atoms with Gasteiger partial charge in [0.05, 0.1) is 30.9 Å². The molecular weight excluding hydrogens is 476 g/mol. The molecule has 4 heterocycles. The molecule has 3 amide bonds. The molecule has 3 saturated heterocycles. The van der Waals surface area contributed by atoms with E-state index in [0.29, 0.717) is 23.5 Å². The van der Waals surface area contributed by atoms with Crippen LogP contribution in [0, 0.1) is 11.8 Å². The molecule has 12 heteroatoms. The van der Waals surface area contributed by atoms with Crippen molar-refractivity contribution < 1.29 is 34.4 Å². The first-order valence-electron chi connectivity index (χ1n) is 11.6. The Morgan fingerprint density at radius 3 is 2.89 bits per heavy atom. The molecule has 1 aromatic rings. The highest BCUT2D eigenvalue weighted by atomic mass is 32.2. The van der Waals surface area contributed by atoms with Gasteiger partial charge < -0.3 is 40.6 Å². The summed E-state index contributed by atoms with van der Waals surface area (Å²) in [6.07, 6.45) is 0.566. The molecule has 3 aliphatic rings. The van der Waals surface area contributed by atoms with E-state index in [2.05, 4.69) is 27.8 Å². The number of fused-ring (bicyclic) bond motifs is 1. The van der Waals surface area contributed by atoms with E-state index in [1.54, 1.807) is 0 Å². The summed E-state index contributed by atoms with van der Waals surface area (Å²) < 4.78 is 6.84. The molecule has 0 radical (unpaired) electrons. The maximum absolute atomic E-state index is 12.1. The number of hydrogen-bond donors (Lipinski definition) is 6. The van der Waals surface area contributed by atoms with E-state index >= 15 is 0 Å². The van der Waals surface area contributed by atoms with Crippen LogP contribution >= 0.6 is 11.8 Å². The van der Waals surface area contributed by atoms with Crippen molar-refractivity contribution in [3.8, 4) is 11.8 Å². The van der Waals surface area contributed by atoms with E-state index in [0.717, 1.165) is 25.0 Å². The maximum atomic E-state index is 12.1. The van der Waals surface area contributed by atoms with Crippen LogP contribution in [0.3, 0.4) is 0 Å². The minimum Gasteiger partial charge on any atom is -0.394 e. The van der Waals surface area contributed by atoms with Crippen LogP contribution in [0.4, 0.5) is 4.79 Å². The average molecular weight is 507 g/mol. The van der Waals surface area contributed by atoms with Gasteiger partial charge >= 0.3 is 6.03 Å². The second-order valence-electron chi connectivity index (χ2n) is 8.85. The summed E-state index contributed by atoms with van der Waals surface area (Å²) in [5.74, 6) is 6.53. The minimum atomic E-state index is -1.30. The average Bonchev–Trinajstić information content (AvgIpc) is 3.58. The van der Waals surface area contributed by atoms with Crippen LogP contribution < -0.4 is 16.0 Å². The predicted octanol–water partition coefficient (Wildman–Crippen LogP) is -0.894. The van der Waals surface area contributed by atoms with Crippen LogP contribution in [0.1, 0.15) is 48.0 Å². The Morgan fingerprint density at radius 1 is 1.31 bits per heavy atom. The van der Waals surface area contributed by atoms with Gasteiger partial charge in [-0.1, -0.05) is 18.3 Å². The zero-order valence-corrected chi connectivity index (χ0v) is 19.9. The number of aldehydes is 1. The topological polar surface area (TPSA) is 162 Å². The molecular formula is C23H30N4O7S. The second-order valence-corrected chi connectivity index (χ2v) is 10.1. The SMILES string of the molecule is O=Cc1cc(C#CCNC(=O)CCCC[C@@H]2SC[C@@H]3NC(=O)N[C@@H]32)cn1[C@@H]1O[C@H](CO)[C@@H](O)[C@H]1O. The van der Waals surface area contributed by atoms with Gasteiger partial charge in [0, 0.05) is 29.2 Å². The standard InChI is InChI=1S/C23H30N4O7S/c28-10-14-8-13(9-27(14)22-21(32)20(31)16(11-29)34-22)4-3-7-24-18(30)6-2-1-5-17-19-15(12-35-17)25-23(33)26-19/h8-10,15-17,19-22,29,31-32H,1-2,5-7,11-12H2,(H,24,30)(H2,25,26,33)/t15-,16+,17-,19-,20+,21+,22+/m0/s1. The molecule has 1 aromatic heterocycles. The van der Waals surface area contributed by atoms with Gasteiger partial charge in [0.25, 0.3) is 0 Å². The lowest BCUT2D eigenvalue weighted by Crippen LogP contribution is -2.36. The molecule has 0 saturated carbocycles. The van der Waals surface area contributed by atoms with Crippen molar-refractivity contribution in [1.82, 2.24) is 20.5 Å². The first-order valence-corrected chi connectivity index (χ1v) is 12.7. The maximum Gasteiger partial charge on any atom is 0.315 e. The highest BCUT2D eigenvalue weighted by Gasteiger charge is 2.44. The van der Waals surface area contributed by atoms with E-state index in [9.17, 15) is 29.7 Å². The highest BCUT2D eigenvalue weighted by Crippen LogP contribution is 2.33. The number of amides is 3. The third-order valence-electron chi connectivity index (χ3n) is 6.48. The largest absolute Gasteiger partial charge is 0.394 e. The molecule has 3 fully saturated rings. The van der Waals surface area contributed by atoms with Gasteiger partial charge in [-0.05, 0) is 18.9 Å². The number of aliphatic hydroxyl groups excluding tert-OH is 3. The quantitative estimate of drug-likeness (QED) is 0.109. The lowest BCUT2D eigenvalue weighted by Gasteiger charge is -2.17.